The summed E-state index contributed by atoms with van der Waals surface area (Å²) in [7, 11) is 0. The van der Waals surface area contributed by atoms with Gasteiger partial charge in [0.05, 0.1) is 5.25 Å². The van der Waals surface area contributed by atoms with Gasteiger partial charge in [-0.1, -0.05) is 13.8 Å². The van der Waals surface area contributed by atoms with Gasteiger partial charge in [0.1, 0.15) is 5.82 Å². The zero-order valence-electron chi connectivity index (χ0n) is 10.1. The van der Waals surface area contributed by atoms with Gasteiger partial charge in [-0.05, 0) is 30.2 Å². The molecule has 18 heavy (non-hydrogen) atoms. The summed E-state index contributed by atoms with van der Waals surface area (Å²) in [5, 5.41) is 1.61. The summed E-state index contributed by atoms with van der Waals surface area (Å²) >= 11 is 1.27. The summed E-state index contributed by atoms with van der Waals surface area (Å²) in [5.41, 5.74) is 4.91. The van der Waals surface area contributed by atoms with Crippen LogP contribution in [-0.4, -0.2) is 17.2 Å². The number of benzene rings is 1. The van der Waals surface area contributed by atoms with Crippen molar-refractivity contribution in [2.24, 2.45) is 11.7 Å². The number of hydrogen-bond acceptors (Lipinski definition) is 3. The number of hydrogen-bond donors (Lipinski definition) is 2. The molecule has 0 bridgehead atoms. The molecular formula is C12H15FN2O2S. The van der Waals surface area contributed by atoms with E-state index in [2.05, 4.69) is 5.32 Å². The lowest BCUT2D eigenvalue weighted by molar-refractivity contribution is -0.120. The van der Waals surface area contributed by atoms with Crippen molar-refractivity contribution in [1.82, 2.24) is 5.32 Å². The molecule has 3 amide bonds. The summed E-state index contributed by atoms with van der Waals surface area (Å²) in [4.78, 5) is 23.2. The Balaban J connectivity index is 2.77. The normalized spacial score (nSPS) is 12.2. The van der Waals surface area contributed by atoms with Crippen LogP contribution in [0.5, 0.6) is 0 Å². The molecule has 0 radical (unpaired) electrons. The van der Waals surface area contributed by atoms with E-state index < -0.39 is 17.2 Å². The monoisotopic (exact) mass is 270 g/mol. The van der Waals surface area contributed by atoms with Gasteiger partial charge in [0.25, 0.3) is 0 Å². The van der Waals surface area contributed by atoms with Crippen LogP contribution < -0.4 is 11.1 Å². The number of thioether (sulfide) groups is 1. The zero-order chi connectivity index (χ0) is 13.7. The molecule has 0 aromatic heterocycles. The maximum absolute atomic E-state index is 12.8. The van der Waals surface area contributed by atoms with Crippen LogP contribution in [0.25, 0.3) is 0 Å². The molecule has 0 saturated carbocycles. The smallest absolute Gasteiger partial charge is 0.318 e. The van der Waals surface area contributed by atoms with Crippen molar-refractivity contribution < 1.29 is 14.0 Å². The number of halogens is 1. The highest BCUT2D eigenvalue weighted by Gasteiger charge is 2.24. The second-order valence-corrected chi connectivity index (χ2v) is 5.30. The molecule has 0 heterocycles. The van der Waals surface area contributed by atoms with Crippen molar-refractivity contribution >= 4 is 23.7 Å². The maximum Gasteiger partial charge on any atom is 0.318 e. The number of amides is 3. The Morgan fingerprint density at radius 3 is 2.28 bits per heavy atom. The highest BCUT2D eigenvalue weighted by atomic mass is 32.2. The largest absolute Gasteiger partial charge is 0.351 e. The SMILES string of the molecule is CC(C)[C@H](Sc1ccc(F)cc1)C(=O)NC(N)=O. The first-order valence-electron chi connectivity index (χ1n) is 5.42. The van der Waals surface area contributed by atoms with Gasteiger partial charge in [-0.25, -0.2) is 9.18 Å². The third-order valence-corrected chi connectivity index (χ3v) is 3.74. The summed E-state index contributed by atoms with van der Waals surface area (Å²) in [6.45, 7) is 3.73. The zero-order valence-corrected chi connectivity index (χ0v) is 11.0. The number of nitrogens with two attached hydrogens (primary N) is 1. The molecule has 0 unspecified atom stereocenters. The third-order valence-electron chi connectivity index (χ3n) is 2.19. The van der Waals surface area contributed by atoms with Gasteiger partial charge < -0.3 is 5.73 Å². The minimum atomic E-state index is -0.870. The van der Waals surface area contributed by atoms with Crippen LogP contribution in [0.4, 0.5) is 9.18 Å². The van der Waals surface area contributed by atoms with Gasteiger partial charge >= 0.3 is 6.03 Å². The summed E-state index contributed by atoms with van der Waals surface area (Å²) < 4.78 is 12.8. The second kappa shape index (κ2) is 6.39. The number of urea groups is 1. The molecule has 0 aliphatic carbocycles. The van der Waals surface area contributed by atoms with Crippen molar-refractivity contribution in [3.8, 4) is 0 Å². The molecule has 0 fully saturated rings. The van der Waals surface area contributed by atoms with E-state index in [9.17, 15) is 14.0 Å². The first-order chi connectivity index (χ1) is 8.40. The number of carbonyl (C=O) groups excluding carboxylic acids is 2. The molecule has 1 aromatic carbocycles. The van der Waals surface area contributed by atoms with E-state index in [-0.39, 0.29) is 11.7 Å². The van der Waals surface area contributed by atoms with E-state index in [0.717, 1.165) is 4.90 Å². The molecule has 98 valence electrons. The first-order valence-corrected chi connectivity index (χ1v) is 6.30. The van der Waals surface area contributed by atoms with Crippen molar-refractivity contribution in [3.63, 3.8) is 0 Å². The van der Waals surface area contributed by atoms with Crippen LogP contribution in [-0.2, 0) is 4.79 Å². The van der Waals surface area contributed by atoms with E-state index in [1.165, 1.54) is 23.9 Å². The molecule has 4 nitrogen and oxygen atoms in total. The molecule has 0 saturated heterocycles. The van der Waals surface area contributed by atoms with Gasteiger partial charge in [-0.3, -0.25) is 10.1 Å². The molecule has 0 spiro atoms. The predicted molar refractivity (Wildman–Crippen MR) is 68.6 cm³/mol. The van der Waals surface area contributed by atoms with Crippen LogP contribution in [0.3, 0.4) is 0 Å². The van der Waals surface area contributed by atoms with Crippen LogP contribution in [0.2, 0.25) is 0 Å². The quantitative estimate of drug-likeness (QED) is 0.823. The highest BCUT2D eigenvalue weighted by molar-refractivity contribution is 8.00. The second-order valence-electron chi connectivity index (χ2n) is 4.09. The lowest BCUT2D eigenvalue weighted by atomic mass is 10.1. The van der Waals surface area contributed by atoms with Crippen molar-refractivity contribution in [1.29, 1.82) is 0 Å². The predicted octanol–water partition coefficient (Wildman–Crippen LogP) is 2.14. The van der Waals surface area contributed by atoms with Crippen molar-refractivity contribution in [2.75, 3.05) is 0 Å². The molecule has 1 rings (SSSR count). The number of carbonyl (C=O) groups is 2. The van der Waals surface area contributed by atoms with E-state index in [4.69, 9.17) is 5.73 Å². The Morgan fingerprint density at radius 2 is 1.83 bits per heavy atom. The minimum absolute atomic E-state index is 0.0133. The van der Waals surface area contributed by atoms with Crippen LogP contribution >= 0.6 is 11.8 Å². The fourth-order valence-electron chi connectivity index (χ4n) is 1.34. The van der Waals surface area contributed by atoms with E-state index in [1.807, 2.05) is 13.8 Å². The van der Waals surface area contributed by atoms with Crippen molar-refractivity contribution in [2.45, 2.75) is 24.0 Å². The standard InChI is InChI=1S/C12H15FN2O2S/c1-7(2)10(11(16)15-12(14)17)18-9-5-3-8(13)4-6-9/h3-7,10H,1-2H3,(H3,14,15,16,17)/t10-/m0/s1. The lowest BCUT2D eigenvalue weighted by Crippen LogP contribution is -2.42. The molecule has 6 heteroatoms. The highest BCUT2D eigenvalue weighted by Crippen LogP contribution is 2.28. The summed E-state index contributed by atoms with van der Waals surface area (Å²) in [6, 6.07) is 4.96. The van der Waals surface area contributed by atoms with Gasteiger partial charge in [-0.15, -0.1) is 11.8 Å². The Bertz CT molecular complexity index is 434. The number of primary amides is 1. The summed E-state index contributed by atoms with van der Waals surface area (Å²) in [5.74, 6) is -0.756. The minimum Gasteiger partial charge on any atom is -0.351 e. The van der Waals surface area contributed by atoms with Crippen molar-refractivity contribution in [3.05, 3.63) is 30.1 Å². The van der Waals surface area contributed by atoms with Crippen LogP contribution in [0.1, 0.15) is 13.8 Å². The lowest BCUT2D eigenvalue weighted by Gasteiger charge is -2.18. The average molecular weight is 270 g/mol. The van der Waals surface area contributed by atoms with Gasteiger partial charge in [0, 0.05) is 4.90 Å². The van der Waals surface area contributed by atoms with E-state index in [0.29, 0.717) is 0 Å². The molecule has 1 atom stereocenters. The molecular weight excluding hydrogens is 255 g/mol. The van der Waals surface area contributed by atoms with E-state index in [1.54, 1.807) is 12.1 Å². The average Bonchev–Trinajstić information content (AvgIpc) is 2.26. The molecule has 3 N–H and O–H groups in total. The van der Waals surface area contributed by atoms with Crippen LogP contribution in [0.15, 0.2) is 29.2 Å². The molecule has 1 aromatic rings. The van der Waals surface area contributed by atoms with Gasteiger partial charge in [0.15, 0.2) is 0 Å². The summed E-state index contributed by atoms with van der Waals surface area (Å²) in [6.07, 6.45) is 0. The van der Waals surface area contributed by atoms with Crippen LogP contribution in [0, 0.1) is 11.7 Å². The number of rotatable bonds is 4. The Morgan fingerprint density at radius 1 is 1.28 bits per heavy atom. The molecule has 0 aliphatic rings. The Labute approximate surface area is 109 Å². The Hall–Kier alpha value is -1.56. The first kappa shape index (κ1) is 14.5. The van der Waals surface area contributed by atoms with E-state index >= 15 is 0 Å². The number of nitrogens with one attached hydrogen (secondary N) is 1. The topological polar surface area (TPSA) is 72.2 Å². The van der Waals surface area contributed by atoms with Gasteiger partial charge in [-0.2, -0.15) is 0 Å². The van der Waals surface area contributed by atoms with Gasteiger partial charge in [0.2, 0.25) is 5.91 Å². The third kappa shape index (κ3) is 4.37. The fourth-order valence-corrected chi connectivity index (χ4v) is 2.37. The fraction of sp³-hybridized carbons (Fsp3) is 0.333. The molecule has 0 aliphatic heterocycles. The number of imide groups is 1. The Kier molecular flexibility index (Phi) is 5.15. The maximum atomic E-state index is 12.8.